The number of aromatic hydroxyl groups is 1. The van der Waals surface area contributed by atoms with Crippen molar-refractivity contribution in [3.05, 3.63) is 64.8 Å². The minimum absolute atomic E-state index is 0.00651. The fourth-order valence-electron chi connectivity index (χ4n) is 3.05. The van der Waals surface area contributed by atoms with Gasteiger partial charge in [-0.15, -0.1) is 0 Å². The second-order valence-corrected chi connectivity index (χ2v) is 10.1. The summed E-state index contributed by atoms with van der Waals surface area (Å²) >= 11 is 6.55. The van der Waals surface area contributed by atoms with Crippen molar-refractivity contribution in [2.75, 3.05) is 6.26 Å². The molecule has 1 aromatic heterocycles. The van der Waals surface area contributed by atoms with Crippen LogP contribution < -0.4 is 0 Å². The number of hydrogen-bond donors (Lipinski definition) is 1. The van der Waals surface area contributed by atoms with Gasteiger partial charge in [-0.2, -0.15) is 5.10 Å². The molecule has 2 aromatic carbocycles. The third-order valence-electron chi connectivity index (χ3n) is 4.43. The molecule has 3 aromatic rings. The molecule has 0 fully saturated rings. The summed E-state index contributed by atoms with van der Waals surface area (Å²) in [5.74, 6) is -0.813. The van der Waals surface area contributed by atoms with Gasteiger partial charge in [0.1, 0.15) is 5.56 Å². The van der Waals surface area contributed by atoms with Crippen LogP contribution in [-0.4, -0.2) is 35.3 Å². The van der Waals surface area contributed by atoms with Gasteiger partial charge in [-0.3, -0.25) is 4.79 Å². The van der Waals surface area contributed by atoms with Crippen molar-refractivity contribution in [1.82, 2.24) is 9.78 Å². The van der Waals surface area contributed by atoms with Crippen molar-refractivity contribution >= 4 is 27.2 Å². The van der Waals surface area contributed by atoms with Crippen molar-refractivity contribution in [2.45, 2.75) is 31.2 Å². The highest BCUT2D eigenvalue weighted by molar-refractivity contribution is 7.90. The van der Waals surface area contributed by atoms with Gasteiger partial charge in [0, 0.05) is 17.4 Å². The Morgan fingerprint density at radius 1 is 1.07 bits per heavy atom. The molecule has 0 radical (unpaired) electrons. The first-order chi connectivity index (χ1) is 13.4. The Labute approximate surface area is 174 Å². The lowest BCUT2D eigenvalue weighted by Crippen LogP contribution is -2.22. The summed E-state index contributed by atoms with van der Waals surface area (Å²) in [5, 5.41) is 14.6. The number of nitrogens with zero attached hydrogens (tertiary/aromatic N) is 2. The van der Waals surface area contributed by atoms with Crippen LogP contribution in [0, 0.1) is 0 Å². The van der Waals surface area contributed by atoms with E-state index in [9.17, 15) is 18.3 Å². The van der Waals surface area contributed by atoms with E-state index in [2.05, 4.69) is 5.10 Å². The summed E-state index contributed by atoms with van der Waals surface area (Å²) < 4.78 is 25.9. The number of benzene rings is 2. The number of halogens is 1. The van der Waals surface area contributed by atoms with E-state index in [4.69, 9.17) is 11.6 Å². The summed E-state index contributed by atoms with van der Waals surface area (Å²) in [6.07, 6.45) is 2.37. The normalized spacial score (nSPS) is 12.2. The van der Waals surface area contributed by atoms with Gasteiger partial charge in [0.2, 0.25) is 11.7 Å². The average Bonchev–Trinajstić information content (AvgIpc) is 3.02. The predicted molar refractivity (Wildman–Crippen MR) is 112 cm³/mol. The Kier molecular flexibility index (Phi) is 5.32. The number of sulfone groups is 1. The summed E-state index contributed by atoms with van der Waals surface area (Å²) in [6, 6.07) is 11.5. The molecule has 0 spiro atoms. The van der Waals surface area contributed by atoms with Crippen molar-refractivity contribution in [2.24, 2.45) is 0 Å². The highest BCUT2D eigenvalue weighted by Crippen LogP contribution is 2.38. The van der Waals surface area contributed by atoms with Crippen LogP contribution in [0.1, 0.15) is 36.7 Å². The fraction of sp³-hybridized carbons (Fsp3) is 0.238. The second kappa shape index (κ2) is 7.31. The summed E-state index contributed by atoms with van der Waals surface area (Å²) in [4.78, 5) is 13.2. The molecule has 8 heteroatoms. The fourth-order valence-corrected chi connectivity index (χ4v) is 4.38. The Morgan fingerprint density at radius 3 is 2.21 bits per heavy atom. The maximum atomic E-state index is 13.1. The van der Waals surface area contributed by atoms with E-state index in [0.29, 0.717) is 5.56 Å². The van der Waals surface area contributed by atoms with Crippen LogP contribution in [-0.2, 0) is 15.4 Å². The largest absolute Gasteiger partial charge is 0.493 e. The average molecular weight is 433 g/mol. The molecule has 0 atom stereocenters. The molecule has 29 heavy (non-hydrogen) atoms. The molecule has 6 nitrogen and oxygen atoms in total. The van der Waals surface area contributed by atoms with Crippen LogP contribution in [0.4, 0.5) is 0 Å². The molecule has 0 bridgehead atoms. The molecule has 0 aliphatic rings. The van der Waals surface area contributed by atoms with E-state index in [1.807, 2.05) is 20.8 Å². The van der Waals surface area contributed by atoms with E-state index in [1.54, 1.807) is 30.3 Å². The molecule has 0 amide bonds. The monoisotopic (exact) mass is 432 g/mol. The standard InChI is InChI=1S/C21H21ClN2O4S/c1-21(2,3)24-20(26)15(12-23-24)19(25)14-10-11-16(29(4,27)28)17(18(14)22)13-8-6-5-7-9-13/h5-12,26H,1-4H3. The van der Waals surface area contributed by atoms with E-state index < -0.39 is 21.2 Å². The smallest absolute Gasteiger partial charge is 0.221 e. The molecular formula is C21H21ClN2O4S. The van der Waals surface area contributed by atoms with E-state index in [1.165, 1.54) is 23.0 Å². The van der Waals surface area contributed by atoms with Crippen LogP contribution in [0.5, 0.6) is 5.88 Å². The number of ketones is 1. The molecule has 0 aliphatic carbocycles. The highest BCUT2D eigenvalue weighted by Gasteiger charge is 2.28. The first-order valence-electron chi connectivity index (χ1n) is 8.83. The maximum Gasteiger partial charge on any atom is 0.221 e. The summed E-state index contributed by atoms with van der Waals surface area (Å²) in [6.45, 7) is 5.53. The number of carbonyl (C=O) groups excluding carboxylic acids is 1. The minimum Gasteiger partial charge on any atom is -0.493 e. The van der Waals surface area contributed by atoms with Gasteiger partial charge in [-0.1, -0.05) is 41.9 Å². The minimum atomic E-state index is -3.60. The SMILES string of the molecule is CC(C)(C)n1ncc(C(=O)c2ccc(S(C)(=O)=O)c(-c3ccccc3)c2Cl)c1O. The van der Waals surface area contributed by atoms with Gasteiger partial charge in [0.15, 0.2) is 9.84 Å². The number of hydrogen-bond acceptors (Lipinski definition) is 5. The van der Waals surface area contributed by atoms with Gasteiger partial charge in [-0.25, -0.2) is 13.1 Å². The molecule has 0 saturated carbocycles. The molecule has 152 valence electrons. The van der Waals surface area contributed by atoms with Gasteiger partial charge in [-0.05, 0) is 38.5 Å². The molecule has 1 heterocycles. The Balaban J connectivity index is 2.23. The quantitative estimate of drug-likeness (QED) is 0.621. The predicted octanol–water partition coefficient (Wildman–Crippen LogP) is 4.30. The number of carbonyl (C=O) groups is 1. The lowest BCUT2D eigenvalue weighted by molar-refractivity contribution is 0.103. The van der Waals surface area contributed by atoms with Gasteiger partial charge in [0.25, 0.3) is 0 Å². The van der Waals surface area contributed by atoms with Gasteiger partial charge < -0.3 is 5.11 Å². The van der Waals surface area contributed by atoms with Crippen molar-refractivity contribution in [3.8, 4) is 17.0 Å². The second-order valence-electron chi connectivity index (χ2n) is 7.73. The Hall–Kier alpha value is -2.64. The Morgan fingerprint density at radius 2 is 1.69 bits per heavy atom. The van der Waals surface area contributed by atoms with E-state index >= 15 is 0 Å². The topological polar surface area (TPSA) is 89.3 Å². The number of rotatable bonds is 4. The van der Waals surface area contributed by atoms with Crippen LogP contribution >= 0.6 is 11.6 Å². The molecule has 1 N–H and O–H groups in total. The van der Waals surface area contributed by atoms with Crippen LogP contribution in [0.15, 0.2) is 53.6 Å². The van der Waals surface area contributed by atoms with E-state index in [0.717, 1.165) is 6.26 Å². The first-order valence-corrected chi connectivity index (χ1v) is 11.1. The summed E-state index contributed by atoms with van der Waals surface area (Å²) in [7, 11) is -3.60. The first kappa shape index (κ1) is 21.1. The van der Waals surface area contributed by atoms with Crippen LogP contribution in [0.2, 0.25) is 5.02 Å². The molecule has 0 unspecified atom stereocenters. The zero-order valence-electron chi connectivity index (χ0n) is 16.5. The highest BCUT2D eigenvalue weighted by atomic mass is 35.5. The van der Waals surface area contributed by atoms with Gasteiger partial charge in [0.05, 0.1) is 21.7 Å². The van der Waals surface area contributed by atoms with Crippen molar-refractivity contribution in [3.63, 3.8) is 0 Å². The summed E-state index contributed by atoms with van der Waals surface area (Å²) in [5.41, 5.74) is 0.377. The maximum absolute atomic E-state index is 13.1. The lowest BCUT2D eigenvalue weighted by Gasteiger charge is -2.20. The molecule has 3 rings (SSSR count). The molecule has 0 aliphatic heterocycles. The van der Waals surface area contributed by atoms with E-state index in [-0.39, 0.29) is 32.5 Å². The Bertz CT molecular complexity index is 1190. The zero-order valence-corrected chi connectivity index (χ0v) is 18.0. The van der Waals surface area contributed by atoms with Gasteiger partial charge >= 0.3 is 0 Å². The van der Waals surface area contributed by atoms with Crippen molar-refractivity contribution in [1.29, 1.82) is 0 Å². The van der Waals surface area contributed by atoms with Crippen LogP contribution in [0.3, 0.4) is 0 Å². The molecule has 0 saturated heterocycles. The van der Waals surface area contributed by atoms with Crippen molar-refractivity contribution < 1.29 is 18.3 Å². The lowest BCUT2D eigenvalue weighted by atomic mass is 9.98. The molecular weight excluding hydrogens is 412 g/mol. The number of aromatic nitrogens is 2. The van der Waals surface area contributed by atoms with Crippen LogP contribution in [0.25, 0.3) is 11.1 Å². The third kappa shape index (κ3) is 3.93. The zero-order chi connectivity index (χ0) is 21.6. The third-order valence-corrected chi connectivity index (χ3v) is 5.97.